The minimum Gasteiger partial charge on any atom is -0.352 e. The standard InChI is InChI=1S/C20H25N5O2/c1-12(2)18-15-10-21-25(16-9-7-6-8-14(16)5)19(15)20(27)24(23-18)11-17(26)22-13(3)4/h6-10,12-13H,11H2,1-5H3,(H,22,26). The number of aromatic nitrogens is 4. The summed E-state index contributed by atoms with van der Waals surface area (Å²) in [4.78, 5) is 25.4. The second kappa shape index (κ2) is 7.34. The van der Waals surface area contributed by atoms with E-state index in [-0.39, 0.29) is 30.0 Å². The number of carbonyl (C=O) groups is 1. The van der Waals surface area contributed by atoms with Gasteiger partial charge in [-0.15, -0.1) is 0 Å². The summed E-state index contributed by atoms with van der Waals surface area (Å²) in [5, 5.41) is 12.5. The Morgan fingerprint density at radius 1 is 1.19 bits per heavy atom. The van der Waals surface area contributed by atoms with E-state index in [0.717, 1.165) is 22.3 Å². The van der Waals surface area contributed by atoms with E-state index >= 15 is 0 Å². The first-order chi connectivity index (χ1) is 12.8. The van der Waals surface area contributed by atoms with E-state index in [9.17, 15) is 9.59 Å². The van der Waals surface area contributed by atoms with Gasteiger partial charge in [-0.3, -0.25) is 9.59 Å². The lowest BCUT2D eigenvalue weighted by atomic mass is 10.1. The van der Waals surface area contributed by atoms with Crippen molar-refractivity contribution in [2.75, 3.05) is 0 Å². The van der Waals surface area contributed by atoms with Crippen molar-refractivity contribution in [3.8, 4) is 5.69 Å². The predicted molar refractivity (Wildman–Crippen MR) is 105 cm³/mol. The molecule has 0 spiro atoms. The third-order valence-electron chi connectivity index (χ3n) is 4.34. The van der Waals surface area contributed by atoms with Crippen molar-refractivity contribution in [1.29, 1.82) is 0 Å². The molecule has 0 saturated carbocycles. The van der Waals surface area contributed by atoms with Crippen molar-refractivity contribution in [1.82, 2.24) is 24.9 Å². The Balaban J connectivity index is 2.23. The Kier molecular flexibility index (Phi) is 5.12. The molecular formula is C20H25N5O2. The Morgan fingerprint density at radius 2 is 1.89 bits per heavy atom. The summed E-state index contributed by atoms with van der Waals surface area (Å²) in [6.45, 7) is 9.63. The largest absolute Gasteiger partial charge is 0.352 e. The number of hydrogen-bond acceptors (Lipinski definition) is 4. The number of amides is 1. The van der Waals surface area contributed by atoms with Gasteiger partial charge < -0.3 is 5.32 Å². The van der Waals surface area contributed by atoms with Gasteiger partial charge in [0.15, 0.2) is 0 Å². The molecule has 1 N–H and O–H groups in total. The van der Waals surface area contributed by atoms with Crippen molar-refractivity contribution in [2.24, 2.45) is 0 Å². The first kappa shape index (κ1) is 18.8. The summed E-state index contributed by atoms with van der Waals surface area (Å²) in [7, 11) is 0. The van der Waals surface area contributed by atoms with Gasteiger partial charge in [0.25, 0.3) is 5.56 Å². The maximum atomic E-state index is 13.2. The van der Waals surface area contributed by atoms with Gasteiger partial charge in [-0.1, -0.05) is 32.0 Å². The molecule has 0 aliphatic heterocycles. The quantitative estimate of drug-likeness (QED) is 0.751. The third-order valence-corrected chi connectivity index (χ3v) is 4.34. The molecule has 1 aromatic carbocycles. The number of aryl methyl sites for hydroxylation is 1. The summed E-state index contributed by atoms with van der Waals surface area (Å²) >= 11 is 0. The number of para-hydroxylation sites is 1. The Bertz CT molecular complexity index is 1050. The monoisotopic (exact) mass is 367 g/mol. The van der Waals surface area contributed by atoms with E-state index < -0.39 is 0 Å². The molecule has 0 aliphatic rings. The van der Waals surface area contributed by atoms with E-state index in [1.807, 2.05) is 58.9 Å². The average molecular weight is 367 g/mol. The Morgan fingerprint density at radius 3 is 2.52 bits per heavy atom. The zero-order valence-electron chi connectivity index (χ0n) is 16.4. The molecule has 7 nitrogen and oxygen atoms in total. The summed E-state index contributed by atoms with van der Waals surface area (Å²) in [6.07, 6.45) is 1.68. The number of benzene rings is 1. The topological polar surface area (TPSA) is 81.8 Å². The first-order valence-corrected chi connectivity index (χ1v) is 9.13. The number of carbonyl (C=O) groups excluding carboxylic acids is 1. The fourth-order valence-electron chi connectivity index (χ4n) is 3.11. The van der Waals surface area contributed by atoms with Crippen LogP contribution >= 0.6 is 0 Å². The normalized spacial score (nSPS) is 11.5. The van der Waals surface area contributed by atoms with Crippen LogP contribution in [0.15, 0.2) is 35.3 Å². The second-order valence-corrected chi connectivity index (χ2v) is 7.33. The predicted octanol–water partition coefficient (Wildman–Crippen LogP) is 2.54. The zero-order chi connectivity index (χ0) is 19.7. The average Bonchev–Trinajstić information content (AvgIpc) is 3.02. The van der Waals surface area contributed by atoms with Gasteiger partial charge in [-0.2, -0.15) is 10.2 Å². The van der Waals surface area contributed by atoms with E-state index in [1.54, 1.807) is 10.9 Å². The van der Waals surface area contributed by atoms with E-state index in [4.69, 9.17) is 0 Å². The molecule has 142 valence electrons. The molecule has 27 heavy (non-hydrogen) atoms. The van der Waals surface area contributed by atoms with Crippen LogP contribution in [0.25, 0.3) is 16.6 Å². The fourth-order valence-corrected chi connectivity index (χ4v) is 3.11. The maximum Gasteiger partial charge on any atom is 0.293 e. The molecule has 0 atom stereocenters. The molecule has 0 saturated heterocycles. The van der Waals surface area contributed by atoms with Crippen LogP contribution in [0.1, 0.15) is 44.9 Å². The lowest BCUT2D eigenvalue weighted by Crippen LogP contribution is -2.37. The molecule has 7 heteroatoms. The number of rotatable bonds is 5. The van der Waals surface area contributed by atoms with Crippen molar-refractivity contribution in [3.05, 3.63) is 52.1 Å². The number of nitrogens with one attached hydrogen (secondary N) is 1. The van der Waals surface area contributed by atoms with E-state index in [2.05, 4.69) is 15.5 Å². The molecule has 3 aromatic rings. The molecule has 0 unspecified atom stereocenters. The highest BCUT2D eigenvalue weighted by molar-refractivity contribution is 5.83. The molecule has 2 heterocycles. The minimum absolute atomic E-state index is 0.000927. The molecule has 3 rings (SSSR count). The lowest BCUT2D eigenvalue weighted by molar-refractivity contribution is -0.122. The zero-order valence-corrected chi connectivity index (χ0v) is 16.4. The number of fused-ring (bicyclic) bond motifs is 1. The number of nitrogens with zero attached hydrogens (tertiary/aromatic N) is 4. The van der Waals surface area contributed by atoms with Crippen LogP contribution in [-0.4, -0.2) is 31.5 Å². The summed E-state index contributed by atoms with van der Waals surface area (Å²) in [5.41, 5.74) is 2.72. The van der Waals surface area contributed by atoms with Gasteiger partial charge in [0.2, 0.25) is 5.91 Å². The van der Waals surface area contributed by atoms with Gasteiger partial charge in [-0.25, -0.2) is 9.36 Å². The molecular weight excluding hydrogens is 342 g/mol. The Labute approximate surface area is 158 Å². The minimum atomic E-state index is -0.325. The first-order valence-electron chi connectivity index (χ1n) is 9.13. The second-order valence-electron chi connectivity index (χ2n) is 7.33. The highest BCUT2D eigenvalue weighted by atomic mass is 16.2. The molecule has 1 amide bonds. The maximum absolute atomic E-state index is 13.2. The van der Waals surface area contributed by atoms with Gasteiger partial charge >= 0.3 is 0 Å². The van der Waals surface area contributed by atoms with Crippen LogP contribution in [0.2, 0.25) is 0 Å². The highest BCUT2D eigenvalue weighted by Crippen LogP contribution is 2.24. The van der Waals surface area contributed by atoms with Crippen LogP contribution in [-0.2, 0) is 11.3 Å². The molecule has 2 aromatic heterocycles. The smallest absolute Gasteiger partial charge is 0.293 e. The molecule has 0 bridgehead atoms. The highest BCUT2D eigenvalue weighted by Gasteiger charge is 2.20. The lowest BCUT2D eigenvalue weighted by Gasteiger charge is -2.13. The van der Waals surface area contributed by atoms with Gasteiger partial charge in [0, 0.05) is 11.4 Å². The van der Waals surface area contributed by atoms with Crippen LogP contribution in [0.3, 0.4) is 0 Å². The Hall–Kier alpha value is -2.96. The SMILES string of the molecule is Cc1ccccc1-n1ncc2c(C(C)C)nn(CC(=O)NC(C)C)c(=O)c21. The third kappa shape index (κ3) is 3.63. The van der Waals surface area contributed by atoms with Crippen LogP contribution in [0, 0.1) is 6.92 Å². The van der Waals surface area contributed by atoms with Crippen LogP contribution < -0.4 is 10.9 Å². The van der Waals surface area contributed by atoms with Crippen molar-refractivity contribution >= 4 is 16.8 Å². The number of hydrogen-bond donors (Lipinski definition) is 1. The van der Waals surface area contributed by atoms with E-state index in [0.29, 0.717) is 5.52 Å². The summed E-state index contributed by atoms with van der Waals surface area (Å²) in [5.74, 6) is -0.155. The summed E-state index contributed by atoms with van der Waals surface area (Å²) < 4.78 is 2.89. The summed E-state index contributed by atoms with van der Waals surface area (Å²) in [6, 6.07) is 7.75. The molecule has 0 fully saturated rings. The molecule has 0 aliphatic carbocycles. The van der Waals surface area contributed by atoms with E-state index in [1.165, 1.54) is 4.68 Å². The van der Waals surface area contributed by atoms with Crippen molar-refractivity contribution in [3.63, 3.8) is 0 Å². The van der Waals surface area contributed by atoms with Crippen LogP contribution in [0.5, 0.6) is 0 Å². The van der Waals surface area contributed by atoms with Crippen molar-refractivity contribution < 1.29 is 4.79 Å². The van der Waals surface area contributed by atoms with Gasteiger partial charge in [-0.05, 0) is 38.3 Å². The van der Waals surface area contributed by atoms with Gasteiger partial charge in [0.05, 0.1) is 17.6 Å². The molecule has 0 radical (unpaired) electrons. The fraction of sp³-hybridized carbons (Fsp3) is 0.400. The van der Waals surface area contributed by atoms with Gasteiger partial charge in [0.1, 0.15) is 12.1 Å². The van der Waals surface area contributed by atoms with Crippen molar-refractivity contribution in [2.45, 2.75) is 53.1 Å². The van der Waals surface area contributed by atoms with Crippen LogP contribution in [0.4, 0.5) is 0 Å².